The lowest BCUT2D eigenvalue weighted by atomic mass is 10.0. The van der Waals surface area contributed by atoms with Gasteiger partial charge in [-0.3, -0.25) is 0 Å². The minimum Gasteiger partial charge on any atom is -0.377 e. The van der Waals surface area contributed by atoms with Gasteiger partial charge in [0.2, 0.25) is 20.0 Å². The third-order valence-corrected chi connectivity index (χ3v) is 8.69. The van der Waals surface area contributed by atoms with Gasteiger partial charge in [-0.15, -0.1) is 0 Å². The molecule has 0 bridgehead atoms. The zero-order valence-electron chi connectivity index (χ0n) is 16.0. The van der Waals surface area contributed by atoms with Crippen LogP contribution in [0.5, 0.6) is 0 Å². The molecule has 2 heterocycles. The monoisotopic (exact) mass is 436 g/mol. The molecule has 0 aliphatic carbocycles. The summed E-state index contributed by atoms with van der Waals surface area (Å²) in [7, 11) is -7.41. The zero-order valence-corrected chi connectivity index (χ0v) is 17.6. The minimum atomic E-state index is -3.71. The summed E-state index contributed by atoms with van der Waals surface area (Å²) in [5, 5.41) is 0. The van der Waals surface area contributed by atoms with Crippen molar-refractivity contribution in [2.75, 3.05) is 19.7 Å². The van der Waals surface area contributed by atoms with Crippen LogP contribution in [0.4, 0.5) is 0 Å². The van der Waals surface area contributed by atoms with Gasteiger partial charge in [-0.05, 0) is 54.7 Å². The van der Waals surface area contributed by atoms with Crippen LogP contribution in [0.3, 0.4) is 0 Å². The molecule has 0 aromatic heterocycles. The Hall–Kier alpha value is -1.78. The van der Waals surface area contributed by atoms with Crippen LogP contribution in [0.1, 0.15) is 24.0 Å². The molecule has 2 aromatic rings. The van der Waals surface area contributed by atoms with Gasteiger partial charge in [-0.1, -0.05) is 24.3 Å². The Labute approximate surface area is 171 Å². The van der Waals surface area contributed by atoms with E-state index in [4.69, 9.17) is 4.74 Å². The van der Waals surface area contributed by atoms with Gasteiger partial charge in [0, 0.05) is 26.2 Å². The van der Waals surface area contributed by atoms with Gasteiger partial charge in [0.25, 0.3) is 0 Å². The number of ether oxygens (including phenoxy) is 1. The van der Waals surface area contributed by atoms with E-state index < -0.39 is 20.0 Å². The van der Waals surface area contributed by atoms with Crippen molar-refractivity contribution in [3.8, 4) is 0 Å². The van der Waals surface area contributed by atoms with Crippen molar-refractivity contribution < 1.29 is 21.6 Å². The first-order valence-corrected chi connectivity index (χ1v) is 12.6. The van der Waals surface area contributed by atoms with Crippen molar-refractivity contribution in [1.29, 1.82) is 0 Å². The number of fused-ring (bicyclic) bond motifs is 1. The average Bonchev–Trinajstić information content (AvgIpc) is 3.26. The van der Waals surface area contributed by atoms with Crippen LogP contribution < -0.4 is 4.72 Å². The highest BCUT2D eigenvalue weighted by Crippen LogP contribution is 2.25. The van der Waals surface area contributed by atoms with Crippen LogP contribution in [0.15, 0.2) is 58.3 Å². The highest BCUT2D eigenvalue weighted by molar-refractivity contribution is 7.89. The summed E-state index contributed by atoms with van der Waals surface area (Å²) in [5.41, 5.74) is 2.16. The fraction of sp³-hybridized carbons (Fsp3) is 0.400. The van der Waals surface area contributed by atoms with Crippen molar-refractivity contribution >= 4 is 20.0 Å². The number of nitrogens with one attached hydrogen (secondary N) is 1. The molecule has 7 nitrogen and oxygen atoms in total. The van der Waals surface area contributed by atoms with Gasteiger partial charge >= 0.3 is 0 Å². The first kappa shape index (κ1) is 20.5. The summed E-state index contributed by atoms with van der Waals surface area (Å²) in [6, 6.07) is 13.2. The molecule has 9 heteroatoms. The summed E-state index contributed by atoms with van der Waals surface area (Å²) in [5.74, 6) is 0. The SMILES string of the molecule is O=S(=O)(NC[C@H]1CCCO1)c1ccc(S(=O)(=O)N2CCc3ccccc3C2)cc1. The van der Waals surface area contributed by atoms with Crippen LogP contribution in [-0.2, 0) is 37.7 Å². The molecule has 29 heavy (non-hydrogen) atoms. The summed E-state index contributed by atoms with van der Waals surface area (Å²) in [4.78, 5) is 0.133. The number of benzene rings is 2. The maximum Gasteiger partial charge on any atom is 0.243 e. The van der Waals surface area contributed by atoms with E-state index in [9.17, 15) is 16.8 Å². The third-order valence-electron chi connectivity index (χ3n) is 5.39. The molecule has 2 aromatic carbocycles. The molecular formula is C20H24N2O5S2. The Balaban J connectivity index is 1.48. The maximum absolute atomic E-state index is 13.0. The van der Waals surface area contributed by atoms with Crippen LogP contribution in [-0.4, -0.2) is 46.9 Å². The Morgan fingerprint density at radius 2 is 1.66 bits per heavy atom. The molecule has 0 spiro atoms. The highest BCUT2D eigenvalue weighted by atomic mass is 32.2. The van der Waals surface area contributed by atoms with Gasteiger partial charge in [0.1, 0.15) is 0 Å². The fourth-order valence-corrected chi connectivity index (χ4v) is 6.19. The van der Waals surface area contributed by atoms with Gasteiger partial charge in [-0.25, -0.2) is 21.6 Å². The molecule has 1 atom stereocenters. The minimum absolute atomic E-state index is 0.0402. The summed E-state index contributed by atoms with van der Waals surface area (Å²) >= 11 is 0. The Bertz CT molecular complexity index is 1080. The van der Waals surface area contributed by atoms with Crippen molar-refractivity contribution in [1.82, 2.24) is 9.03 Å². The second-order valence-corrected chi connectivity index (χ2v) is 11.0. The number of hydrogen-bond acceptors (Lipinski definition) is 5. The maximum atomic E-state index is 13.0. The molecule has 0 saturated carbocycles. The number of rotatable bonds is 6. The molecule has 0 radical (unpaired) electrons. The van der Waals surface area contributed by atoms with Gasteiger partial charge in [0.05, 0.1) is 15.9 Å². The topological polar surface area (TPSA) is 92.8 Å². The predicted octanol–water partition coefficient (Wildman–Crippen LogP) is 1.89. The van der Waals surface area contributed by atoms with Crippen LogP contribution in [0, 0.1) is 0 Å². The molecule has 0 unspecified atom stereocenters. The molecule has 156 valence electrons. The Morgan fingerprint density at radius 3 is 2.34 bits per heavy atom. The molecule has 4 rings (SSSR count). The molecule has 1 fully saturated rings. The van der Waals surface area contributed by atoms with E-state index in [-0.39, 0.29) is 22.4 Å². The average molecular weight is 437 g/mol. The van der Waals surface area contributed by atoms with Crippen molar-refractivity contribution in [2.24, 2.45) is 0 Å². The van der Waals surface area contributed by atoms with Crippen LogP contribution in [0.2, 0.25) is 0 Å². The Morgan fingerprint density at radius 1 is 0.966 bits per heavy atom. The molecule has 0 amide bonds. The standard InChI is InChI=1S/C20H24N2O5S2/c23-28(24,21-14-18-6-3-13-27-18)19-7-9-20(10-8-19)29(25,26)22-12-11-16-4-1-2-5-17(16)15-22/h1-2,4-5,7-10,18,21H,3,6,11-15H2/t18-/m1/s1. The number of hydrogen-bond donors (Lipinski definition) is 1. The van der Waals surface area contributed by atoms with Crippen molar-refractivity contribution in [2.45, 2.75) is 41.7 Å². The molecule has 1 N–H and O–H groups in total. The molecule has 2 aliphatic rings. The third kappa shape index (κ3) is 4.39. The molecule has 1 saturated heterocycles. The first-order valence-electron chi connectivity index (χ1n) is 9.64. The van der Waals surface area contributed by atoms with Gasteiger partial charge in [-0.2, -0.15) is 4.31 Å². The van der Waals surface area contributed by atoms with E-state index in [0.717, 1.165) is 24.0 Å². The van der Waals surface area contributed by atoms with Crippen molar-refractivity contribution in [3.63, 3.8) is 0 Å². The van der Waals surface area contributed by atoms with Crippen LogP contribution in [0.25, 0.3) is 0 Å². The largest absolute Gasteiger partial charge is 0.377 e. The smallest absolute Gasteiger partial charge is 0.243 e. The number of nitrogens with zero attached hydrogens (tertiary/aromatic N) is 1. The lowest BCUT2D eigenvalue weighted by Crippen LogP contribution is -2.36. The fourth-order valence-electron chi connectivity index (χ4n) is 3.71. The Kier molecular flexibility index (Phi) is 5.76. The van der Waals surface area contributed by atoms with Crippen LogP contribution >= 0.6 is 0 Å². The summed E-state index contributed by atoms with van der Waals surface area (Å²) < 4.78 is 60.3. The second kappa shape index (κ2) is 8.16. The van der Waals surface area contributed by atoms with E-state index in [1.807, 2.05) is 24.3 Å². The van der Waals surface area contributed by atoms with E-state index in [1.54, 1.807) is 0 Å². The lowest BCUT2D eigenvalue weighted by molar-refractivity contribution is 0.114. The zero-order chi connectivity index (χ0) is 20.5. The van der Waals surface area contributed by atoms with E-state index >= 15 is 0 Å². The van der Waals surface area contributed by atoms with Gasteiger partial charge in [0.15, 0.2) is 0 Å². The summed E-state index contributed by atoms with van der Waals surface area (Å²) in [6.45, 7) is 1.60. The molecular weight excluding hydrogens is 412 g/mol. The van der Waals surface area contributed by atoms with E-state index in [2.05, 4.69) is 4.72 Å². The van der Waals surface area contributed by atoms with E-state index in [1.165, 1.54) is 28.6 Å². The van der Waals surface area contributed by atoms with E-state index in [0.29, 0.717) is 26.1 Å². The lowest BCUT2D eigenvalue weighted by Gasteiger charge is -2.28. The number of sulfonamides is 2. The summed E-state index contributed by atoms with van der Waals surface area (Å²) in [6.07, 6.45) is 2.32. The highest BCUT2D eigenvalue weighted by Gasteiger charge is 2.28. The first-order chi connectivity index (χ1) is 13.9. The molecule has 2 aliphatic heterocycles. The quantitative estimate of drug-likeness (QED) is 0.747. The van der Waals surface area contributed by atoms with Gasteiger partial charge < -0.3 is 4.74 Å². The van der Waals surface area contributed by atoms with Crippen molar-refractivity contribution in [3.05, 3.63) is 59.7 Å². The normalized spacial score (nSPS) is 20.5. The predicted molar refractivity (Wildman–Crippen MR) is 108 cm³/mol. The second-order valence-electron chi connectivity index (χ2n) is 7.32.